The average Bonchev–Trinajstić information content (AvgIpc) is 2.80. The Hall–Kier alpha value is -3.72. The first-order chi connectivity index (χ1) is 14.3. The Morgan fingerprint density at radius 2 is 1.10 bits per heavy atom. The van der Waals surface area contributed by atoms with Crippen LogP contribution < -0.4 is 5.32 Å². The number of hydrogen-bond acceptors (Lipinski definition) is 2. The molecule has 1 N–H and O–H groups in total. The van der Waals surface area contributed by atoms with Crippen LogP contribution >= 0.6 is 0 Å². The van der Waals surface area contributed by atoms with Gasteiger partial charge in [-0.2, -0.15) is 0 Å². The molecule has 1 heterocycles. The first-order valence-electron chi connectivity index (χ1n) is 9.69. The highest BCUT2D eigenvalue weighted by Crippen LogP contribution is 2.27. The molecule has 29 heavy (non-hydrogen) atoms. The molecule has 0 unspecified atom stereocenters. The summed E-state index contributed by atoms with van der Waals surface area (Å²) in [4.78, 5) is 18.1. The summed E-state index contributed by atoms with van der Waals surface area (Å²) in [7, 11) is 0. The van der Waals surface area contributed by atoms with Crippen LogP contribution in [-0.4, -0.2) is 10.9 Å². The van der Waals surface area contributed by atoms with E-state index in [0.29, 0.717) is 0 Å². The van der Waals surface area contributed by atoms with Crippen molar-refractivity contribution in [3.05, 3.63) is 138 Å². The quantitative estimate of drug-likeness (QED) is 0.506. The Morgan fingerprint density at radius 3 is 1.59 bits per heavy atom. The predicted molar refractivity (Wildman–Crippen MR) is 115 cm³/mol. The number of hydrogen-bond donors (Lipinski definition) is 1. The van der Waals surface area contributed by atoms with Gasteiger partial charge in [0.1, 0.15) is 0 Å². The molecule has 0 spiro atoms. The first kappa shape index (κ1) is 18.6. The van der Waals surface area contributed by atoms with Gasteiger partial charge in [0.25, 0.3) is 0 Å². The summed E-state index contributed by atoms with van der Waals surface area (Å²) in [6.45, 7) is 0. The summed E-state index contributed by atoms with van der Waals surface area (Å²) in [5.74, 6) is -0.450. The minimum atomic E-state index is -0.396. The standard InChI is InChI=1S/C26H22N2O/c29-26(24(20-12-4-1-5-13-20)21-14-6-2-7-15-21)28-25(22-16-8-3-9-17-22)23-18-10-11-19-27-23/h1-19,24-25H,(H,28,29)/t25-/m0/s1. The molecule has 0 aliphatic heterocycles. The third-order valence-electron chi connectivity index (χ3n) is 4.93. The zero-order chi connectivity index (χ0) is 19.9. The van der Waals surface area contributed by atoms with Crippen LogP contribution in [0.2, 0.25) is 0 Å². The Kier molecular flexibility index (Phi) is 5.77. The van der Waals surface area contributed by atoms with Gasteiger partial charge in [0.2, 0.25) is 5.91 Å². The lowest BCUT2D eigenvalue weighted by molar-refractivity contribution is -0.122. The highest BCUT2D eigenvalue weighted by molar-refractivity contribution is 5.87. The second-order valence-electron chi connectivity index (χ2n) is 6.86. The number of nitrogens with zero attached hydrogens (tertiary/aromatic N) is 1. The lowest BCUT2D eigenvalue weighted by Crippen LogP contribution is -2.34. The lowest BCUT2D eigenvalue weighted by atomic mass is 9.90. The maximum absolute atomic E-state index is 13.6. The zero-order valence-corrected chi connectivity index (χ0v) is 16.0. The van der Waals surface area contributed by atoms with Crippen LogP contribution in [0.1, 0.15) is 34.3 Å². The predicted octanol–water partition coefficient (Wildman–Crippen LogP) is 5.12. The van der Waals surface area contributed by atoms with E-state index in [-0.39, 0.29) is 11.9 Å². The van der Waals surface area contributed by atoms with Crippen molar-refractivity contribution in [3.63, 3.8) is 0 Å². The van der Waals surface area contributed by atoms with Gasteiger partial charge in [-0.1, -0.05) is 97.1 Å². The van der Waals surface area contributed by atoms with Crippen molar-refractivity contribution in [1.82, 2.24) is 10.3 Å². The molecule has 3 heteroatoms. The molecule has 3 nitrogen and oxygen atoms in total. The fourth-order valence-corrected chi connectivity index (χ4v) is 3.53. The van der Waals surface area contributed by atoms with Crippen molar-refractivity contribution < 1.29 is 4.79 Å². The Labute approximate surface area is 171 Å². The SMILES string of the molecule is O=C(N[C@@H](c1ccccc1)c1ccccn1)C(c1ccccc1)c1ccccc1. The summed E-state index contributed by atoms with van der Waals surface area (Å²) >= 11 is 0. The number of pyridine rings is 1. The number of amides is 1. The average molecular weight is 378 g/mol. The summed E-state index contributed by atoms with van der Waals surface area (Å²) in [6, 6.07) is 35.2. The van der Waals surface area contributed by atoms with E-state index in [4.69, 9.17) is 0 Å². The van der Waals surface area contributed by atoms with Crippen LogP contribution in [0, 0.1) is 0 Å². The molecular weight excluding hydrogens is 356 g/mol. The molecule has 1 atom stereocenters. The lowest BCUT2D eigenvalue weighted by Gasteiger charge is -2.23. The molecular formula is C26H22N2O. The molecule has 142 valence electrons. The van der Waals surface area contributed by atoms with Gasteiger partial charge in [0, 0.05) is 6.20 Å². The van der Waals surface area contributed by atoms with Gasteiger partial charge >= 0.3 is 0 Å². The van der Waals surface area contributed by atoms with Crippen molar-refractivity contribution in [2.24, 2.45) is 0 Å². The number of nitrogens with one attached hydrogen (secondary N) is 1. The summed E-state index contributed by atoms with van der Waals surface area (Å²) < 4.78 is 0. The van der Waals surface area contributed by atoms with Gasteiger partial charge in [-0.05, 0) is 28.8 Å². The van der Waals surface area contributed by atoms with Crippen molar-refractivity contribution in [2.75, 3.05) is 0 Å². The molecule has 0 bridgehead atoms. The molecule has 0 fully saturated rings. The first-order valence-corrected chi connectivity index (χ1v) is 9.69. The molecule has 4 rings (SSSR count). The third-order valence-corrected chi connectivity index (χ3v) is 4.93. The second kappa shape index (κ2) is 8.98. The van der Waals surface area contributed by atoms with E-state index in [1.54, 1.807) is 6.20 Å². The number of carbonyl (C=O) groups excluding carboxylic acids is 1. The van der Waals surface area contributed by atoms with Crippen molar-refractivity contribution in [3.8, 4) is 0 Å². The van der Waals surface area contributed by atoms with Crippen molar-refractivity contribution in [2.45, 2.75) is 12.0 Å². The van der Waals surface area contributed by atoms with Crippen molar-refractivity contribution >= 4 is 5.91 Å². The molecule has 0 aliphatic rings. The smallest absolute Gasteiger partial charge is 0.232 e. The van der Waals surface area contributed by atoms with Crippen LogP contribution in [0.5, 0.6) is 0 Å². The maximum atomic E-state index is 13.6. The van der Waals surface area contributed by atoms with Gasteiger partial charge in [0.05, 0.1) is 17.7 Å². The molecule has 0 aliphatic carbocycles. The number of carbonyl (C=O) groups is 1. The molecule has 0 saturated carbocycles. The summed E-state index contributed by atoms with van der Waals surface area (Å²) in [6.07, 6.45) is 1.75. The van der Waals surface area contributed by atoms with Gasteiger partial charge < -0.3 is 5.32 Å². The molecule has 4 aromatic rings. The second-order valence-corrected chi connectivity index (χ2v) is 6.86. The minimum Gasteiger partial charge on any atom is -0.343 e. The Morgan fingerprint density at radius 1 is 0.621 bits per heavy atom. The molecule has 3 aromatic carbocycles. The van der Waals surface area contributed by atoms with E-state index in [1.165, 1.54) is 0 Å². The summed E-state index contributed by atoms with van der Waals surface area (Å²) in [5.41, 5.74) is 3.74. The van der Waals surface area contributed by atoms with Crippen LogP contribution in [0.4, 0.5) is 0 Å². The topological polar surface area (TPSA) is 42.0 Å². The normalized spacial score (nSPS) is 11.8. The highest BCUT2D eigenvalue weighted by atomic mass is 16.2. The Balaban J connectivity index is 1.71. The van der Waals surface area contributed by atoms with Gasteiger partial charge in [0.15, 0.2) is 0 Å². The summed E-state index contributed by atoms with van der Waals surface area (Å²) in [5, 5.41) is 3.25. The fraction of sp³-hybridized carbons (Fsp3) is 0.0769. The number of rotatable bonds is 6. The van der Waals surface area contributed by atoms with E-state index in [1.807, 2.05) is 109 Å². The fourth-order valence-electron chi connectivity index (χ4n) is 3.53. The minimum absolute atomic E-state index is 0.0538. The van der Waals surface area contributed by atoms with E-state index in [9.17, 15) is 4.79 Å². The Bertz CT molecular complexity index is 956. The van der Waals surface area contributed by atoms with Gasteiger partial charge in [-0.15, -0.1) is 0 Å². The largest absolute Gasteiger partial charge is 0.343 e. The van der Waals surface area contributed by atoms with E-state index in [0.717, 1.165) is 22.4 Å². The van der Waals surface area contributed by atoms with E-state index in [2.05, 4.69) is 10.3 Å². The number of aromatic nitrogens is 1. The number of benzene rings is 3. The molecule has 0 radical (unpaired) electrons. The maximum Gasteiger partial charge on any atom is 0.232 e. The van der Waals surface area contributed by atoms with Crippen LogP contribution in [-0.2, 0) is 4.79 Å². The zero-order valence-electron chi connectivity index (χ0n) is 16.0. The van der Waals surface area contributed by atoms with Crippen LogP contribution in [0.3, 0.4) is 0 Å². The third kappa shape index (κ3) is 4.41. The molecule has 0 saturated heterocycles. The molecule has 1 aromatic heterocycles. The van der Waals surface area contributed by atoms with E-state index < -0.39 is 5.92 Å². The van der Waals surface area contributed by atoms with Crippen molar-refractivity contribution in [1.29, 1.82) is 0 Å². The van der Waals surface area contributed by atoms with Crippen LogP contribution in [0.15, 0.2) is 115 Å². The highest BCUT2D eigenvalue weighted by Gasteiger charge is 2.26. The monoisotopic (exact) mass is 378 g/mol. The van der Waals surface area contributed by atoms with E-state index >= 15 is 0 Å². The van der Waals surface area contributed by atoms with Gasteiger partial charge in [-0.25, -0.2) is 0 Å². The van der Waals surface area contributed by atoms with Gasteiger partial charge in [-0.3, -0.25) is 9.78 Å². The van der Waals surface area contributed by atoms with Crippen LogP contribution in [0.25, 0.3) is 0 Å². The molecule has 1 amide bonds.